The van der Waals surface area contributed by atoms with E-state index in [4.69, 9.17) is 0 Å². The van der Waals surface area contributed by atoms with E-state index in [0.29, 0.717) is 0 Å². The molecule has 0 aliphatic heterocycles. The summed E-state index contributed by atoms with van der Waals surface area (Å²) in [5.74, 6) is 0. The Morgan fingerprint density at radius 3 is 3.00 bits per heavy atom. The molecule has 2 rings (SSSR count). The number of aromatic amines is 1. The molecule has 0 bridgehead atoms. The van der Waals surface area contributed by atoms with Crippen molar-refractivity contribution in [1.82, 2.24) is 15.0 Å². The van der Waals surface area contributed by atoms with Gasteiger partial charge < -0.3 is 10.7 Å². The second-order valence-corrected chi connectivity index (χ2v) is 1.80. The summed E-state index contributed by atoms with van der Waals surface area (Å²) < 4.78 is 0. The average Bonchev–Trinajstić information content (AvgIpc) is 2.55. The number of fused-ring (bicyclic) bond motifs is 1. The molecule has 2 aromatic heterocycles. The molecule has 4 heteroatoms. The largest absolute Gasteiger partial charge is 0.346 e. The Morgan fingerprint density at radius 2 is 2.27 bits per heavy atom. The third-order valence-corrected chi connectivity index (χ3v) is 1.22. The monoisotopic (exact) mass is 150 g/mol. The summed E-state index contributed by atoms with van der Waals surface area (Å²) >= 11 is 0. The molecule has 0 unspecified atom stereocenters. The summed E-state index contributed by atoms with van der Waals surface area (Å²) in [6, 6.07) is 1.94. The first-order valence-electron chi connectivity index (χ1n) is 3.27. The minimum absolute atomic E-state index is 0.894. The van der Waals surface area contributed by atoms with E-state index in [1.54, 1.807) is 6.20 Å². The number of hydrogen-bond donors (Lipinski definition) is 2. The van der Waals surface area contributed by atoms with E-state index < -0.39 is 0 Å². The number of hydrogen-bond acceptors (Lipinski definition) is 3. The molecule has 0 radical (unpaired) electrons. The predicted molar refractivity (Wildman–Crippen MR) is 44.0 cm³/mol. The van der Waals surface area contributed by atoms with Gasteiger partial charge in [0.25, 0.3) is 0 Å². The molecule has 0 fully saturated rings. The van der Waals surface area contributed by atoms with Gasteiger partial charge in [-0.25, -0.2) is 9.97 Å². The smallest absolute Gasteiger partial charge is 0.140 e. The first-order valence-corrected chi connectivity index (χ1v) is 3.27. The van der Waals surface area contributed by atoms with Crippen LogP contribution in [-0.2, 0) is 0 Å². The minimum Gasteiger partial charge on any atom is -0.346 e. The third kappa shape index (κ3) is 1.53. The van der Waals surface area contributed by atoms with Gasteiger partial charge in [0.2, 0.25) is 0 Å². The van der Waals surface area contributed by atoms with Gasteiger partial charge in [-0.1, -0.05) is 0 Å². The molecule has 4 nitrogen and oxygen atoms in total. The van der Waals surface area contributed by atoms with Crippen LogP contribution >= 0.6 is 0 Å². The van der Waals surface area contributed by atoms with Crippen LogP contribution in [0, 0.1) is 0 Å². The van der Waals surface area contributed by atoms with E-state index in [2.05, 4.69) is 20.7 Å². The summed E-state index contributed by atoms with van der Waals surface area (Å²) in [4.78, 5) is 10.8. The Hall–Kier alpha value is -1.42. The highest BCUT2D eigenvalue weighted by Gasteiger charge is 1.89. The zero-order chi connectivity index (χ0) is 8.10. The Morgan fingerprint density at radius 1 is 1.45 bits per heavy atom. The maximum atomic E-state index is 4.50. The second kappa shape index (κ2) is 3.68. The molecule has 0 aliphatic rings. The molecule has 0 atom stereocenters. The lowest BCUT2D eigenvalue weighted by atomic mass is 10.4. The van der Waals surface area contributed by atoms with Crippen molar-refractivity contribution in [2.75, 3.05) is 7.05 Å². The number of H-pyrrole nitrogens is 1. The molecule has 2 heterocycles. The minimum atomic E-state index is 0.894. The zero-order valence-corrected chi connectivity index (χ0v) is 6.28. The summed E-state index contributed by atoms with van der Waals surface area (Å²) in [5, 5.41) is 1.05. The van der Waals surface area contributed by atoms with Gasteiger partial charge >= 0.3 is 0 Å². The van der Waals surface area contributed by atoms with Crippen molar-refractivity contribution in [2.24, 2.45) is 5.73 Å². The fourth-order valence-corrected chi connectivity index (χ4v) is 0.793. The quantitative estimate of drug-likeness (QED) is 0.575. The Kier molecular flexibility index (Phi) is 2.57. The molecule has 3 N–H and O–H groups in total. The van der Waals surface area contributed by atoms with Crippen molar-refractivity contribution in [3.8, 4) is 0 Å². The van der Waals surface area contributed by atoms with Crippen LogP contribution in [0.4, 0.5) is 0 Å². The standard InChI is InChI=1S/C6H5N3.CH5N/c1-2-8-6-5(1)3-7-4-9-6;1-2/h1-4H,(H,7,8,9);2H2,1H3. The van der Waals surface area contributed by atoms with Gasteiger partial charge in [-0.3, -0.25) is 0 Å². The number of nitrogens with one attached hydrogen (secondary N) is 1. The SMILES string of the molecule is CN.c1ncc2cc[nH]c2n1. The van der Waals surface area contributed by atoms with Crippen molar-refractivity contribution in [3.05, 3.63) is 24.8 Å². The van der Waals surface area contributed by atoms with Crippen LogP contribution in [0.5, 0.6) is 0 Å². The highest BCUT2D eigenvalue weighted by atomic mass is 14.9. The summed E-state index contributed by atoms with van der Waals surface area (Å²) in [6.45, 7) is 0. The van der Waals surface area contributed by atoms with E-state index in [1.165, 1.54) is 13.4 Å². The molecular weight excluding hydrogens is 140 g/mol. The number of aromatic nitrogens is 3. The van der Waals surface area contributed by atoms with E-state index in [0.717, 1.165) is 11.0 Å². The topological polar surface area (TPSA) is 67.6 Å². The third-order valence-electron chi connectivity index (χ3n) is 1.22. The number of nitrogens with zero attached hydrogens (tertiary/aromatic N) is 2. The van der Waals surface area contributed by atoms with E-state index in [-0.39, 0.29) is 0 Å². The summed E-state index contributed by atoms with van der Waals surface area (Å²) in [6.07, 6.45) is 5.15. The van der Waals surface area contributed by atoms with Crippen LogP contribution in [0.1, 0.15) is 0 Å². The van der Waals surface area contributed by atoms with Gasteiger partial charge in [-0.05, 0) is 13.1 Å². The van der Waals surface area contributed by atoms with Crippen molar-refractivity contribution >= 4 is 11.0 Å². The predicted octanol–water partition coefficient (Wildman–Crippen LogP) is 0.533. The van der Waals surface area contributed by atoms with Crippen LogP contribution in [0.25, 0.3) is 11.0 Å². The number of rotatable bonds is 0. The molecule has 11 heavy (non-hydrogen) atoms. The van der Waals surface area contributed by atoms with Gasteiger partial charge in [0.15, 0.2) is 0 Å². The van der Waals surface area contributed by atoms with Crippen molar-refractivity contribution in [1.29, 1.82) is 0 Å². The van der Waals surface area contributed by atoms with Crippen molar-refractivity contribution in [3.63, 3.8) is 0 Å². The first-order chi connectivity index (χ1) is 5.47. The summed E-state index contributed by atoms with van der Waals surface area (Å²) in [7, 11) is 1.50. The maximum absolute atomic E-state index is 4.50. The Balaban J connectivity index is 0.000000281. The van der Waals surface area contributed by atoms with Crippen molar-refractivity contribution < 1.29 is 0 Å². The molecule has 0 amide bonds. The van der Waals surface area contributed by atoms with Gasteiger partial charge in [0.05, 0.1) is 0 Å². The highest BCUT2D eigenvalue weighted by Crippen LogP contribution is 2.03. The fourth-order valence-electron chi connectivity index (χ4n) is 0.793. The molecule has 0 saturated carbocycles. The summed E-state index contributed by atoms with van der Waals surface area (Å²) in [5.41, 5.74) is 5.39. The lowest BCUT2D eigenvalue weighted by Gasteiger charge is -1.81. The number of nitrogens with two attached hydrogens (primary N) is 1. The lowest BCUT2D eigenvalue weighted by Crippen LogP contribution is -1.75. The van der Waals surface area contributed by atoms with Gasteiger partial charge in [0, 0.05) is 17.8 Å². The van der Waals surface area contributed by atoms with E-state index >= 15 is 0 Å². The Bertz CT molecular complexity index is 284. The molecule has 0 aliphatic carbocycles. The highest BCUT2D eigenvalue weighted by molar-refractivity contribution is 5.73. The molecule has 0 saturated heterocycles. The van der Waals surface area contributed by atoms with Gasteiger partial charge in [-0.2, -0.15) is 0 Å². The fraction of sp³-hybridized carbons (Fsp3) is 0.143. The van der Waals surface area contributed by atoms with Crippen LogP contribution < -0.4 is 5.73 Å². The van der Waals surface area contributed by atoms with Crippen LogP contribution in [-0.4, -0.2) is 22.0 Å². The molecule has 2 aromatic rings. The van der Waals surface area contributed by atoms with Crippen LogP contribution in [0.3, 0.4) is 0 Å². The normalized spacial score (nSPS) is 8.91. The lowest BCUT2D eigenvalue weighted by molar-refractivity contribution is 1.20. The van der Waals surface area contributed by atoms with Crippen molar-refractivity contribution in [2.45, 2.75) is 0 Å². The molecule has 0 aromatic carbocycles. The molecule has 58 valence electrons. The average molecular weight is 150 g/mol. The van der Waals surface area contributed by atoms with E-state index in [9.17, 15) is 0 Å². The maximum Gasteiger partial charge on any atom is 0.140 e. The molecule has 0 spiro atoms. The Labute approximate surface area is 64.5 Å². The van der Waals surface area contributed by atoms with Crippen LogP contribution in [0.2, 0.25) is 0 Å². The van der Waals surface area contributed by atoms with Gasteiger partial charge in [0.1, 0.15) is 12.0 Å². The molecular formula is C7H10N4. The van der Waals surface area contributed by atoms with E-state index in [1.807, 2.05) is 12.3 Å². The van der Waals surface area contributed by atoms with Gasteiger partial charge in [-0.15, -0.1) is 0 Å². The first kappa shape index (κ1) is 7.68. The van der Waals surface area contributed by atoms with Crippen LogP contribution in [0.15, 0.2) is 24.8 Å². The second-order valence-electron chi connectivity index (χ2n) is 1.80. The zero-order valence-electron chi connectivity index (χ0n) is 6.28.